The number of benzene rings is 1. The van der Waals surface area contributed by atoms with E-state index in [9.17, 15) is 4.79 Å². The van der Waals surface area contributed by atoms with Gasteiger partial charge in [0.1, 0.15) is 0 Å². The molecule has 1 aliphatic rings. The quantitative estimate of drug-likeness (QED) is 0.902. The molecule has 1 fully saturated rings. The lowest BCUT2D eigenvalue weighted by Crippen LogP contribution is -2.48. The summed E-state index contributed by atoms with van der Waals surface area (Å²) in [6.07, 6.45) is 2.84. The van der Waals surface area contributed by atoms with E-state index in [1.54, 1.807) is 0 Å². The molecule has 0 bridgehead atoms. The molecule has 2 rings (SSSR count). The second kappa shape index (κ2) is 6.20. The SMILES string of the molecule is CC(C)C1CCCN1C(=O)[C@@H](N)Cc1ccccc1. The molecule has 3 heteroatoms. The Bertz CT molecular complexity index is 416. The number of nitrogens with zero attached hydrogens (tertiary/aromatic N) is 1. The molecule has 1 unspecified atom stereocenters. The zero-order valence-corrected chi connectivity index (χ0v) is 11.9. The largest absolute Gasteiger partial charge is 0.338 e. The highest BCUT2D eigenvalue weighted by Gasteiger charge is 2.33. The first-order chi connectivity index (χ1) is 9.09. The summed E-state index contributed by atoms with van der Waals surface area (Å²) in [4.78, 5) is 14.5. The van der Waals surface area contributed by atoms with Crippen molar-refractivity contribution in [2.75, 3.05) is 6.54 Å². The van der Waals surface area contributed by atoms with Crippen molar-refractivity contribution in [3.8, 4) is 0 Å². The van der Waals surface area contributed by atoms with E-state index >= 15 is 0 Å². The predicted octanol–water partition coefficient (Wildman–Crippen LogP) is 2.20. The number of likely N-dealkylation sites (tertiary alicyclic amines) is 1. The van der Waals surface area contributed by atoms with Gasteiger partial charge >= 0.3 is 0 Å². The molecule has 1 amide bonds. The molecule has 2 atom stereocenters. The minimum atomic E-state index is -0.415. The van der Waals surface area contributed by atoms with Crippen LogP contribution in [0.3, 0.4) is 0 Å². The van der Waals surface area contributed by atoms with Gasteiger partial charge in [-0.3, -0.25) is 4.79 Å². The average Bonchev–Trinajstić information content (AvgIpc) is 2.88. The normalized spacial score (nSPS) is 20.8. The van der Waals surface area contributed by atoms with Crippen molar-refractivity contribution in [2.24, 2.45) is 11.7 Å². The third-order valence-corrected chi connectivity index (χ3v) is 3.97. The van der Waals surface area contributed by atoms with Crippen molar-refractivity contribution < 1.29 is 4.79 Å². The smallest absolute Gasteiger partial charge is 0.240 e. The van der Waals surface area contributed by atoms with Crippen molar-refractivity contribution in [1.29, 1.82) is 0 Å². The lowest BCUT2D eigenvalue weighted by Gasteiger charge is -2.30. The van der Waals surface area contributed by atoms with Crippen LogP contribution in [-0.2, 0) is 11.2 Å². The second-order valence-electron chi connectivity index (χ2n) is 5.78. The standard InChI is InChI=1S/C16H24N2O/c1-12(2)15-9-6-10-18(15)16(19)14(17)11-13-7-4-3-5-8-13/h3-5,7-8,12,14-15H,6,9-11,17H2,1-2H3/t14-,15?/m0/s1. The van der Waals surface area contributed by atoms with Crippen molar-refractivity contribution in [3.05, 3.63) is 35.9 Å². The Labute approximate surface area is 115 Å². The van der Waals surface area contributed by atoms with Crippen LogP contribution < -0.4 is 5.73 Å². The Morgan fingerprint density at radius 1 is 1.37 bits per heavy atom. The number of hydrogen-bond donors (Lipinski definition) is 1. The first kappa shape index (κ1) is 14.1. The summed E-state index contributed by atoms with van der Waals surface area (Å²) in [5, 5.41) is 0. The molecule has 1 aromatic rings. The van der Waals surface area contributed by atoms with Gasteiger partial charge in [-0.1, -0.05) is 44.2 Å². The van der Waals surface area contributed by atoms with Crippen LogP contribution in [0.1, 0.15) is 32.3 Å². The Morgan fingerprint density at radius 3 is 2.68 bits per heavy atom. The van der Waals surface area contributed by atoms with Gasteiger partial charge in [0.2, 0.25) is 5.91 Å². The monoisotopic (exact) mass is 260 g/mol. The van der Waals surface area contributed by atoms with Crippen LogP contribution in [0, 0.1) is 5.92 Å². The predicted molar refractivity (Wildman–Crippen MR) is 77.7 cm³/mol. The number of amides is 1. The van der Waals surface area contributed by atoms with Crippen molar-refractivity contribution in [1.82, 2.24) is 4.90 Å². The molecule has 0 spiro atoms. The fraction of sp³-hybridized carbons (Fsp3) is 0.562. The molecule has 0 saturated carbocycles. The zero-order chi connectivity index (χ0) is 13.8. The molecule has 1 saturated heterocycles. The Balaban J connectivity index is 1.99. The number of hydrogen-bond acceptors (Lipinski definition) is 2. The van der Waals surface area contributed by atoms with Gasteiger partial charge in [-0.05, 0) is 30.7 Å². The van der Waals surface area contributed by atoms with E-state index in [4.69, 9.17) is 5.73 Å². The number of nitrogens with two attached hydrogens (primary N) is 1. The molecule has 1 aromatic carbocycles. The van der Waals surface area contributed by atoms with E-state index in [-0.39, 0.29) is 5.91 Å². The lowest BCUT2D eigenvalue weighted by atomic mass is 10.0. The summed E-state index contributed by atoms with van der Waals surface area (Å²) in [6, 6.07) is 9.95. The highest BCUT2D eigenvalue weighted by Crippen LogP contribution is 2.24. The van der Waals surface area contributed by atoms with Crippen molar-refractivity contribution in [2.45, 2.75) is 45.2 Å². The fourth-order valence-corrected chi connectivity index (χ4v) is 2.93. The Hall–Kier alpha value is -1.35. The second-order valence-corrected chi connectivity index (χ2v) is 5.78. The molecule has 0 radical (unpaired) electrons. The van der Waals surface area contributed by atoms with Crippen LogP contribution in [0.5, 0.6) is 0 Å². The summed E-state index contributed by atoms with van der Waals surface area (Å²) >= 11 is 0. The van der Waals surface area contributed by atoms with Crippen molar-refractivity contribution in [3.63, 3.8) is 0 Å². The minimum Gasteiger partial charge on any atom is -0.338 e. The molecular formula is C16H24N2O. The molecule has 0 aromatic heterocycles. The summed E-state index contributed by atoms with van der Waals surface area (Å²) < 4.78 is 0. The molecular weight excluding hydrogens is 236 g/mol. The van der Waals surface area contributed by atoms with Gasteiger partial charge < -0.3 is 10.6 Å². The van der Waals surface area contributed by atoms with Gasteiger partial charge in [0.05, 0.1) is 6.04 Å². The maximum Gasteiger partial charge on any atom is 0.240 e. The average molecular weight is 260 g/mol. The minimum absolute atomic E-state index is 0.111. The molecule has 2 N–H and O–H groups in total. The van der Waals surface area contributed by atoms with E-state index in [0.717, 1.165) is 24.9 Å². The third kappa shape index (κ3) is 3.35. The molecule has 1 aliphatic heterocycles. The molecule has 0 aliphatic carbocycles. The number of carbonyl (C=O) groups excluding carboxylic acids is 1. The van der Waals surface area contributed by atoms with E-state index < -0.39 is 6.04 Å². The molecule has 3 nitrogen and oxygen atoms in total. The first-order valence-electron chi connectivity index (χ1n) is 7.19. The highest BCUT2D eigenvalue weighted by molar-refractivity contribution is 5.82. The fourth-order valence-electron chi connectivity index (χ4n) is 2.93. The van der Waals surface area contributed by atoms with Crippen LogP contribution in [-0.4, -0.2) is 29.4 Å². The van der Waals surface area contributed by atoms with Gasteiger partial charge in [0.25, 0.3) is 0 Å². The van der Waals surface area contributed by atoms with Crippen LogP contribution in [0.15, 0.2) is 30.3 Å². The topological polar surface area (TPSA) is 46.3 Å². The van der Waals surface area contributed by atoms with Crippen LogP contribution in [0.25, 0.3) is 0 Å². The van der Waals surface area contributed by atoms with Gasteiger partial charge in [-0.2, -0.15) is 0 Å². The molecule has 1 heterocycles. The van der Waals surface area contributed by atoms with Crippen LogP contribution >= 0.6 is 0 Å². The summed E-state index contributed by atoms with van der Waals surface area (Å²) in [7, 11) is 0. The summed E-state index contributed by atoms with van der Waals surface area (Å²) in [5.74, 6) is 0.621. The van der Waals surface area contributed by atoms with Gasteiger partial charge in [0, 0.05) is 12.6 Å². The number of rotatable bonds is 4. The first-order valence-corrected chi connectivity index (χ1v) is 7.19. The third-order valence-electron chi connectivity index (χ3n) is 3.97. The maximum atomic E-state index is 12.5. The van der Waals surface area contributed by atoms with E-state index in [1.165, 1.54) is 0 Å². The van der Waals surface area contributed by atoms with Gasteiger partial charge in [-0.15, -0.1) is 0 Å². The van der Waals surface area contributed by atoms with Crippen molar-refractivity contribution >= 4 is 5.91 Å². The molecule has 19 heavy (non-hydrogen) atoms. The number of carbonyl (C=O) groups is 1. The van der Waals surface area contributed by atoms with Gasteiger partial charge in [-0.25, -0.2) is 0 Å². The van der Waals surface area contributed by atoms with E-state index in [0.29, 0.717) is 18.4 Å². The van der Waals surface area contributed by atoms with Gasteiger partial charge in [0.15, 0.2) is 0 Å². The highest BCUT2D eigenvalue weighted by atomic mass is 16.2. The summed E-state index contributed by atoms with van der Waals surface area (Å²) in [6.45, 7) is 5.22. The molecule has 104 valence electrons. The van der Waals surface area contributed by atoms with Crippen LogP contribution in [0.2, 0.25) is 0 Å². The summed E-state index contributed by atoms with van der Waals surface area (Å²) in [5.41, 5.74) is 7.23. The Morgan fingerprint density at radius 2 is 2.05 bits per heavy atom. The Kier molecular flexibility index (Phi) is 4.59. The van der Waals surface area contributed by atoms with E-state index in [2.05, 4.69) is 13.8 Å². The zero-order valence-electron chi connectivity index (χ0n) is 11.9. The maximum absolute atomic E-state index is 12.5. The lowest BCUT2D eigenvalue weighted by molar-refractivity contribution is -0.134. The van der Waals surface area contributed by atoms with E-state index in [1.807, 2.05) is 35.2 Å². The van der Waals surface area contributed by atoms with Crippen LogP contribution in [0.4, 0.5) is 0 Å².